The summed E-state index contributed by atoms with van der Waals surface area (Å²) in [6, 6.07) is 0. The summed E-state index contributed by atoms with van der Waals surface area (Å²) in [4.78, 5) is 10.6. The summed E-state index contributed by atoms with van der Waals surface area (Å²) in [6.07, 6.45) is 2.44. The maximum atomic E-state index is 10.6. The second-order valence-electron chi connectivity index (χ2n) is 2.36. The predicted octanol–water partition coefficient (Wildman–Crippen LogP) is 0.656. The minimum Gasteiger partial charge on any atom is -0.389 e. The maximum Gasteiger partial charge on any atom is 0.156 e. The van der Waals surface area contributed by atoms with Gasteiger partial charge in [0, 0.05) is 6.42 Å². The highest BCUT2D eigenvalue weighted by Gasteiger charge is 2.14. The lowest BCUT2D eigenvalue weighted by molar-refractivity contribution is -0.114. The van der Waals surface area contributed by atoms with Crippen molar-refractivity contribution in [1.82, 2.24) is 0 Å². The third-order valence-electron chi connectivity index (χ3n) is 1.54. The van der Waals surface area contributed by atoms with Crippen molar-refractivity contribution in [3.05, 3.63) is 11.6 Å². The van der Waals surface area contributed by atoms with E-state index in [0.29, 0.717) is 6.42 Å². The van der Waals surface area contributed by atoms with Crippen molar-refractivity contribution in [1.29, 1.82) is 0 Å². The van der Waals surface area contributed by atoms with E-state index >= 15 is 0 Å². The van der Waals surface area contributed by atoms with E-state index in [1.54, 1.807) is 13.0 Å². The van der Waals surface area contributed by atoms with Crippen LogP contribution in [0.15, 0.2) is 11.6 Å². The fourth-order valence-corrected chi connectivity index (χ4v) is 0.948. The summed E-state index contributed by atoms with van der Waals surface area (Å²) in [5.74, 6) is 0.144. The number of hydrogen-bond acceptors (Lipinski definition) is 2. The van der Waals surface area contributed by atoms with Crippen molar-refractivity contribution in [2.45, 2.75) is 25.9 Å². The van der Waals surface area contributed by atoms with Gasteiger partial charge in [0.15, 0.2) is 5.78 Å². The van der Waals surface area contributed by atoms with E-state index in [2.05, 4.69) is 0 Å². The van der Waals surface area contributed by atoms with Gasteiger partial charge in [-0.1, -0.05) is 0 Å². The van der Waals surface area contributed by atoms with E-state index in [9.17, 15) is 4.79 Å². The van der Waals surface area contributed by atoms with Gasteiger partial charge in [-0.3, -0.25) is 4.79 Å². The van der Waals surface area contributed by atoms with Crippen LogP contribution in [-0.4, -0.2) is 17.0 Å². The van der Waals surface area contributed by atoms with E-state index < -0.39 is 6.10 Å². The smallest absolute Gasteiger partial charge is 0.156 e. The fraction of sp³-hybridized carbons (Fsp3) is 0.571. The normalized spacial score (nSPS) is 22.0. The number of carbonyl (C=O) groups is 1. The highest BCUT2D eigenvalue weighted by Crippen LogP contribution is 2.17. The summed E-state index contributed by atoms with van der Waals surface area (Å²) in [5.41, 5.74) is 0.875. The highest BCUT2D eigenvalue weighted by atomic mass is 16.3. The molecule has 0 saturated heterocycles. The van der Waals surface area contributed by atoms with Gasteiger partial charge in [0.05, 0.1) is 6.10 Å². The first kappa shape index (κ1) is 6.49. The van der Waals surface area contributed by atoms with E-state index in [0.717, 1.165) is 12.0 Å². The molecule has 50 valence electrons. The SMILES string of the molecule is CC(O)C1=CC(=O)CC1. The van der Waals surface area contributed by atoms with Crippen LogP contribution in [-0.2, 0) is 4.79 Å². The predicted molar refractivity (Wildman–Crippen MR) is 34.0 cm³/mol. The molecule has 1 aliphatic rings. The van der Waals surface area contributed by atoms with Gasteiger partial charge < -0.3 is 5.11 Å². The Kier molecular flexibility index (Phi) is 1.67. The van der Waals surface area contributed by atoms with Crippen LogP contribution in [0.1, 0.15) is 19.8 Å². The molecule has 1 rings (SSSR count). The average Bonchev–Trinajstić information content (AvgIpc) is 2.14. The Labute approximate surface area is 54.2 Å². The second-order valence-corrected chi connectivity index (χ2v) is 2.36. The molecule has 0 radical (unpaired) electrons. The zero-order valence-electron chi connectivity index (χ0n) is 5.42. The molecule has 0 saturated carbocycles. The van der Waals surface area contributed by atoms with Crippen LogP contribution in [0.25, 0.3) is 0 Å². The van der Waals surface area contributed by atoms with Crippen molar-refractivity contribution in [3.8, 4) is 0 Å². The lowest BCUT2D eigenvalue weighted by atomic mass is 10.1. The van der Waals surface area contributed by atoms with Crippen LogP contribution in [0.2, 0.25) is 0 Å². The van der Waals surface area contributed by atoms with Crippen LogP contribution in [0.5, 0.6) is 0 Å². The lowest BCUT2D eigenvalue weighted by Gasteiger charge is -2.01. The molecule has 1 unspecified atom stereocenters. The van der Waals surface area contributed by atoms with Gasteiger partial charge in [-0.25, -0.2) is 0 Å². The third kappa shape index (κ3) is 1.39. The molecule has 2 nitrogen and oxygen atoms in total. The summed E-state index contributed by atoms with van der Waals surface area (Å²) in [7, 11) is 0. The van der Waals surface area contributed by atoms with Gasteiger partial charge in [0.2, 0.25) is 0 Å². The molecule has 0 amide bonds. The van der Waals surface area contributed by atoms with E-state index in [4.69, 9.17) is 5.11 Å². The van der Waals surface area contributed by atoms with Crippen molar-refractivity contribution in [3.63, 3.8) is 0 Å². The minimum absolute atomic E-state index is 0.144. The van der Waals surface area contributed by atoms with E-state index in [1.165, 1.54) is 0 Å². The van der Waals surface area contributed by atoms with Gasteiger partial charge in [-0.15, -0.1) is 0 Å². The summed E-state index contributed by atoms with van der Waals surface area (Å²) < 4.78 is 0. The molecular weight excluding hydrogens is 116 g/mol. The molecule has 1 aliphatic carbocycles. The Bertz CT molecular complexity index is 156. The Morgan fingerprint density at radius 3 is 2.56 bits per heavy atom. The number of aliphatic hydroxyl groups is 1. The molecular formula is C7H10O2. The Balaban J connectivity index is 2.62. The molecule has 0 spiro atoms. The quantitative estimate of drug-likeness (QED) is 0.560. The summed E-state index contributed by atoms with van der Waals surface area (Å²) in [6.45, 7) is 1.68. The third-order valence-corrected chi connectivity index (χ3v) is 1.54. The van der Waals surface area contributed by atoms with Gasteiger partial charge in [-0.2, -0.15) is 0 Å². The largest absolute Gasteiger partial charge is 0.389 e. The van der Waals surface area contributed by atoms with Crippen molar-refractivity contribution >= 4 is 5.78 Å². The maximum absolute atomic E-state index is 10.6. The molecule has 0 aliphatic heterocycles. The first-order valence-corrected chi connectivity index (χ1v) is 3.11. The molecule has 1 atom stereocenters. The Morgan fingerprint density at radius 2 is 2.33 bits per heavy atom. The first-order chi connectivity index (χ1) is 4.20. The van der Waals surface area contributed by atoms with Crippen LogP contribution in [0.4, 0.5) is 0 Å². The van der Waals surface area contributed by atoms with Gasteiger partial charge in [0.1, 0.15) is 0 Å². The molecule has 0 aromatic carbocycles. The Morgan fingerprint density at radius 1 is 1.67 bits per heavy atom. The van der Waals surface area contributed by atoms with Crippen molar-refractivity contribution in [2.75, 3.05) is 0 Å². The van der Waals surface area contributed by atoms with E-state index in [-0.39, 0.29) is 5.78 Å². The standard InChI is InChI=1S/C7H10O2/c1-5(8)6-2-3-7(9)4-6/h4-5,8H,2-3H2,1H3. The molecule has 0 heterocycles. The van der Waals surface area contributed by atoms with Gasteiger partial charge in [-0.05, 0) is 25.0 Å². The number of rotatable bonds is 1. The number of ketones is 1. The monoisotopic (exact) mass is 126 g/mol. The summed E-state index contributed by atoms with van der Waals surface area (Å²) >= 11 is 0. The summed E-state index contributed by atoms with van der Waals surface area (Å²) in [5, 5.41) is 8.95. The zero-order valence-corrected chi connectivity index (χ0v) is 5.42. The van der Waals surface area contributed by atoms with Crippen LogP contribution in [0, 0.1) is 0 Å². The number of aliphatic hydroxyl groups excluding tert-OH is 1. The minimum atomic E-state index is -0.434. The van der Waals surface area contributed by atoms with E-state index in [1.807, 2.05) is 0 Å². The lowest BCUT2D eigenvalue weighted by Crippen LogP contribution is -2.00. The second kappa shape index (κ2) is 2.31. The van der Waals surface area contributed by atoms with Crippen LogP contribution >= 0.6 is 0 Å². The molecule has 1 N–H and O–H groups in total. The van der Waals surface area contributed by atoms with Gasteiger partial charge in [0.25, 0.3) is 0 Å². The van der Waals surface area contributed by atoms with Crippen molar-refractivity contribution < 1.29 is 9.90 Å². The number of allylic oxidation sites excluding steroid dienone is 1. The first-order valence-electron chi connectivity index (χ1n) is 3.11. The molecule has 0 bridgehead atoms. The average molecular weight is 126 g/mol. The zero-order chi connectivity index (χ0) is 6.85. The van der Waals surface area contributed by atoms with Crippen molar-refractivity contribution in [2.24, 2.45) is 0 Å². The van der Waals surface area contributed by atoms with Crippen LogP contribution < -0.4 is 0 Å². The fourth-order valence-electron chi connectivity index (χ4n) is 0.948. The topological polar surface area (TPSA) is 37.3 Å². The molecule has 0 aromatic rings. The molecule has 2 heteroatoms. The number of carbonyl (C=O) groups excluding carboxylic acids is 1. The molecule has 0 fully saturated rings. The van der Waals surface area contributed by atoms with Gasteiger partial charge >= 0.3 is 0 Å². The molecule has 9 heavy (non-hydrogen) atoms. The highest BCUT2D eigenvalue weighted by molar-refractivity contribution is 5.93. The Hall–Kier alpha value is -0.630. The van der Waals surface area contributed by atoms with Crippen LogP contribution in [0.3, 0.4) is 0 Å². The number of hydrogen-bond donors (Lipinski definition) is 1. The molecule has 0 aromatic heterocycles.